The van der Waals surface area contributed by atoms with Crippen LogP contribution in [0, 0.1) is 6.92 Å². The Balaban J connectivity index is 1.51. The summed E-state index contributed by atoms with van der Waals surface area (Å²) < 4.78 is 7.35. The SMILES string of the molecule is Cc1nn(Cc2ccccc2Cl)c2sc(C(=O)NO[C@H]3CCCCO3)cc12. The average molecular weight is 406 g/mol. The lowest BCUT2D eigenvalue weighted by Crippen LogP contribution is -2.32. The van der Waals surface area contributed by atoms with Gasteiger partial charge in [0.25, 0.3) is 5.91 Å². The van der Waals surface area contributed by atoms with Gasteiger partial charge in [0.1, 0.15) is 4.83 Å². The number of thiophene rings is 1. The van der Waals surface area contributed by atoms with E-state index in [2.05, 4.69) is 10.6 Å². The highest BCUT2D eigenvalue weighted by Gasteiger charge is 2.20. The molecule has 1 fully saturated rings. The highest BCUT2D eigenvalue weighted by atomic mass is 35.5. The topological polar surface area (TPSA) is 65.4 Å². The quantitative estimate of drug-likeness (QED) is 0.643. The number of carbonyl (C=O) groups is 1. The first-order valence-electron chi connectivity index (χ1n) is 8.90. The van der Waals surface area contributed by atoms with Crippen LogP contribution >= 0.6 is 22.9 Å². The minimum Gasteiger partial charge on any atom is -0.350 e. The van der Waals surface area contributed by atoms with Gasteiger partial charge in [-0.2, -0.15) is 5.10 Å². The molecule has 1 amide bonds. The van der Waals surface area contributed by atoms with Crippen molar-refractivity contribution in [3.63, 3.8) is 0 Å². The lowest BCUT2D eigenvalue weighted by atomic mass is 10.2. The fourth-order valence-electron chi connectivity index (χ4n) is 3.09. The maximum atomic E-state index is 12.5. The van der Waals surface area contributed by atoms with Gasteiger partial charge in [0, 0.05) is 23.4 Å². The van der Waals surface area contributed by atoms with E-state index in [0.717, 1.165) is 40.7 Å². The number of amides is 1. The van der Waals surface area contributed by atoms with E-state index >= 15 is 0 Å². The van der Waals surface area contributed by atoms with Crippen LogP contribution in [0.1, 0.15) is 40.2 Å². The lowest BCUT2D eigenvalue weighted by Gasteiger charge is -2.21. The van der Waals surface area contributed by atoms with Crippen molar-refractivity contribution < 1.29 is 14.4 Å². The number of carbonyl (C=O) groups excluding carboxylic acids is 1. The molecule has 0 unspecified atom stereocenters. The molecule has 27 heavy (non-hydrogen) atoms. The van der Waals surface area contributed by atoms with Gasteiger partial charge in [-0.05, 0) is 37.5 Å². The van der Waals surface area contributed by atoms with Crippen LogP contribution in [-0.2, 0) is 16.1 Å². The Kier molecular flexibility index (Phi) is 5.45. The standard InChI is InChI=1S/C19H20ClN3O3S/c1-12-14-10-16(18(24)22-26-17-8-4-5-9-25-17)27-19(14)23(21-12)11-13-6-2-3-7-15(13)20/h2-3,6-7,10,17H,4-5,8-9,11H2,1H3,(H,22,24)/t17-/m0/s1. The molecule has 0 radical (unpaired) electrons. The molecule has 0 aliphatic carbocycles. The van der Waals surface area contributed by atoms with Crippen molar-refractivity contribution in [3.8, 4) is 0 Å². The first-order chi connectivity index (χ1) is 13.1. The van der Waals surface area contributed by atoms with Crippen molar-refractivity contribution in [3.05, 3.63) is 51.5 Å². The van der Waals surface area contributed by atoms with Gasteiger partial charge in [-0.1, -0.05) is 29.8 Å². The first kappa shape index (κ1) is 18.4. The van der Waals surface area contributed by atoms with Gasteiger partial charge in [0.15, 0.2) is 6.29 Å². The maximum Gasteiger partial charge on any atom is 0.285 e. The molecule has 1 N–H and O–H groups in total. The third-order valence-electron chi connectivity index (χ3n) is 4.53. The molecular formula is C19H20ClN3O3S. The number of rotatable bonds is 5. The summed E-state index contributed by atoms with van der Waals surface area (Å²) >= 11 is 7.66. The predicted octanol–water partition coefficient (Wildman–Crippen LogP) is 4.30. The van der Waals surface area contributed by atoms with Crippen LogP contribution in [0.2, 0.25) is 5.02 Å². The van der Waals surface area contributed by atoms with E-state index in [1.54, 1.807) is 0 Å². The van der Waals surface area contributed by atoms with E-state index < -0.39 is 0 Å². The van der Waals surface area contributed by atoms with Crippen LogP contribution in [0.3, 0.4) is 0 Å². The molecule has 0 spiro atoms. The molecule has 8 heteroatoms. The zero-order chi connectivity index (χ0) is 18.8. The second kappa shape index (κ2) is 7.98. The fourth-order valence-corrected chi connectivity index (χ4v) is 4.34. The Morgan fingerprint density at radius 2 is 2.30 bits per heavy atom. The summed E-state index contributed by atoms with van der Waals surface area (Å²) in [5.41, 5.74) is 4.38. The van der Waals surface area contributed by atoms with Gasteiger partial charge in [-0.25, -0.2) is 10.3 Å². The molecule has 3 heterocycles. The molecule has 1 saturated heterocycles. The zero-order valence-corrected chi connectivity index (χ0v) is 16.5. The smallest absolute Gasteiger partial charge is 0.285 e. The van der Waals surface area contributed by atoms with E-state index in [4.69, 9.17) is 21.2 Å². The molecule has 0 saturated carbocycles. The lowest BCUT2D eigenvalue weighted by molar-refractivity contribution is -0.186. The van der Waals surface area contributed by atoms with Gasteiger partial charge < -0.3 is 4.74 Å². The molecule has 0 bridgehead atoms. The first-order valence-corrected chi connectivity index (χ1v) is 10.1. The number of nitrogens with one attached hydrogen (secondary N) is 1. The zero-order valence-electron chi connectivity index (χ0n) is 14.9. The van der Waals surface area contributed by atoms with Crippen LogP contribution in [0.4, 0.5) is 0 Å². The Hall–Kier alpha value is -1.93. The largest absolute Gasteiger partial charge is 0.350 e. The van der Waals surface area contributed by atoms with Gasteiger partial charge in [-0.3, -0.25) is 9.48 Å². The second-order valence-electron chi connectivity index (χ2n) is 6.51. The van der Waals surface area contributed by atoms with Gasteiger partial charge >= 0.3 is 0 Å². The molecule has 6 nitrogen and oxygen atoms in total. The van der Waals surface area contributed by atoms with E-state index in [9.17, 15) is 4.79 Å². The molecule has 1 aliphatic heterocycles. The minimum atomic E-state index is -0.366. The summed E-state index contributed by atoms with van der Waals surface area (Å²) in [5.74, 6) is -0.269. The number of hydroxylamine groups is 1. The summed E-state index contributed by atoms with van der Waals surface area (Å²) in [6.07, 6.45) is 2.50. The molecule has 2 aromatic heterocycles. The van der Waals surface area contributed by atoms with E-state index in [1.165, 1.54) is 11.3 Å². The van der Waals surface area contributed by atoms with Gasteiger partial charge in [0.2, 0.25) is 0 Å². The van der Waals surface area contributed by atoms with Crippen LogP contribution in [0.5, 0.6) is 0 Å². The van der Waals surface area contributed by atoms with Crippen LogP contribution in [0.25, 0.3) is 10.2 Å². The Bertz CT molecular complexity index is 962. The Labute approximate surface area is 166 Å². The fraction of sp³-hybridized carbons (Fsp3) is 0.368. The van der Waals surface area contributed by atoms with Crippen molar-refractivity contribution in [1.29, 1.82) is 0 Å². The van der Waals surface area contributed by atoms with Crippen LogP contribution in [-0.4, -0.2) is 28.6 Å². The van der Waals surface area contributed by atoms with E-state index in [0.29, 0.717) is 23.1 Å². The number of aryl methyl sites for hydroxylation is 1. The summed E-state index contributed by atoms with van der Waals surface area (Å²) in [5, 5.41) is 6.26. The summed E-state index contributed by atoms with van der Waals surface area (Å²) in [4.78, 5) is 19.4. The third-order valence-corrected chi connectivity index (χ3v) is 6.05. The number of benzene rings is 1. The molecule has 4 rings (SSSR count). The molecular weight excluding hydrogens is 386 g/mol. The minimum absolute atomic E-state index is 0.269. The Morgan fingerprint density at radius 1 is 1.44 bits per heavy atom. The van der Waals surface area contributed by atoms with Crippen molar-refractivity contribution >= 4 is 39.1 Å². The Morgan fingerprint density at radius 3 is 3.07 bits per heavy atom. The normalized spacial score (nSPS) is 17.3. The van der Waals surface area contributed by atoms with Gasteiger partial charge in [0.05, 0.1) is 17.1 Å². The van der Waals surface area contributed by atoms with Crippen molar-refractivity contribution in [1.82, 2.24) is 15.3 Å². The number of fused-ring (bicyclic) bond motifs is 1. The van der Waals surface area contributed by atoms with E-state index in [-0.39, 0.29) is 12.2 Å². The number of hydrogen-bond donors (Lipinski definition) is 1. The summed E-state index contributed by atoms with van der Waals surface area (Å²) in [6.45, 7) is 3.16. The highest BCUT2D eigenvalue weighted by molar-refractivity contribution is 7.20. The number of hydrogen-bond acceptors (Lipinski definition) is 5. The van der Waals surface area contributed by atoms with E-state index in [1.807, 2.05) is 41.9 Å². The third kappa shape index (κ3) is 4.01. The van der Waals surface area contributed by atoms with Crippen molar-refractivity contribution in [2.75, 3.05) is 6.61 Å². The van der Waals surface area contributed by atoms with Crippen molar-refractivity contribution in [2.45, 2.75) is 39.0 Å². The van der Waals surface area contributed by atoms with Crippen LogP contribution < -0.4 is 5.48 Å². The average Bonchev–Trinajstić information content (AvgIpc) is 3.24. The molecule has 1 atom stereocenters. The number of nitrogens with zero attached hydrogens (tertiary/aromatic N) is 2. The van der Waals surface area contributed by atoms with Crippen LogP contribution in [0.15, 0.2) is 30.3 Å². The predicted molar refractivity (Wildman–Crippen MR) is 105 cm³/mol. The van der Waals surface area contributed by atoms with Gasteiger partial charge in [-0.15, -0.1) is 11.3 Å². The summed E-state index contributed by atoms with van der Waals surface area (Å²) in [7, 11) is 0. The second-order valence-corrected chi connectivity index (χ2v) is 7.95. The molecule has 142 valence electrons. The van der Waals surface area contributed by atoms with Crippen molar-refractivity contribution in [2.24, 2.45) is 0 Å². The molecule has 1 aliphatic rings. The number of aromatic nitrogens is 2. The number of halogens is 1. The monoisotopic (exact) mass is 405 g/mol. The molecule has 1 aromatic carbocycles. The number of ether oxygens (including phenoxy) is 1. The maximum absolute atomic E-state index is 12.5. The highest BCUT2D eigenvalue weighted by Crippen LogP contribution is 2.29. The summed E-state index contributed by atoms with van der Waals surface area (Å²) in [6, 6.07) is 9.55. The molecule has 3 aromatic rings.